The lowest BCUT2D eigenvalue weighted by atomic mass is 10.1. The maximum Gasteiger partial charge on any atom is 0.188 e. The molecule has 0 fully saturated rings. The molecular formula is C12H12N4S. The van der Waals surface area contributed by atoms with Crippen LogP contribution in [0.3, 0.4) is 0 Å². The van der Waals surface area contributed by atoms with Crippen LogP contribution >= 0.6 is 11.3 Å². The standard InChI is InChI=1S/C12H12N4S/c1-2-8-3-4-10-9(7-8)11(16-15-10)14-12-13-5-6-17-12/h3-7H,2H2,1H3,(H2,13,14,15,16). The number of rotatable bonds is 3. The molecule has 86 valence electrons. The molecule has 2 heterocycles. The highest BCUT2D eigenvalue weighted by Crippen LogP contribution is 2.25. The normalized spacial score (nSPS) is 10.9. The van der Waals surface area contributed by atoms with E-state index >= 15 is 0 Å². The van der Waals surface area contributed by atoms with E-state index in [-0.39, 0.29) is 0 Å². The van der Waals surface area contributed by atoms with Crippen molar-refractivity contribution in [2.75, 3.05) is 5.32 Å². The third-order valence-electron chi connectivity index (χ3n) is 2.69. The first-order valence-corrected chi connectivity index (χ1v) is 6.38. The van der Waals surface area contributed by atoms with Gasteiger partial charge in [-0.3, -0.25) is 5.10 Å². The van der Waals surface area contributed by atoms with Crippen molar-refractivity contribution in [3.63, 3.8) is 0 Å². The molecule has 2 aromatic heterocycles. The second-order valence-electron chi connectivity index (χ2n) is 3.77. The summed E-state index contributed by atoms with van der Waals surface area (Å²) in [6.07, 6.45) is 2.80. The number of aromatic nitrogens is 3. The van der Waals surface area contributed by atoms with Gasteiger partial charge in [-0.2, -0.15) is 5.10 Å². The van der Waals surface area contributed by atoms with Gasteiger partial charge in [-0.1, -0.05) is 13.0 Å². The van der Waals surface area contributed by atoms with Crippen LogP contribution in [0.5, 0.6) is 0 Å². The zero-order valence-corrected chi connectivity index (χ0v) is 10.2. The smallest absolute Gasteiger partial charge is 0.188 e. The summed E-state index contributed by atoms with van der Waals surface area (Å²) in [6.45, 7) is 2.15. The van der Waals surface area contributed by atoms with Crippen LogP contribution in [0, 0.1) is 0 Å². The van der Waals surface area contributed by atoms with Gasteiger partial charge < -0.3 is 5.32 Å². The fourth-order valence-corrected chi connectivity index (χ4v) is 2.29. The van der Waals surface area contributed by atoms with E-state index in [1.54, 1.807) is 17.5 Å². The van der Waals surface area contributed by atoms with E-state index < -0.39 is 0 Å². The van der Waals surface area contributed by atoms with Crippen LogP contribution in [-0.4, -0.2) is 15.2 Å². The lowest BCUT2D eigenvalue weighted by Crippen LogP contribution is -1.90. The Balaban J connectivity index is 2.04. The van der Waals surface area contributed by atoms with E-state index in [0.29, 0.717) is 0 Å². The second kappa shape index (κ2) is 4.18. The highest BCUT2D eigenvalue weighted by molar-refractivity contribution is 7.13. The van der Waals surface area contributed by atoms with E-state index in [2.05, 4.69) is 45.6 Å². The van der Waals surface area contributed by atoms with Crippen LogP contribution in [0.2, 0.25) is 0 Å². The monoisotopic (exact) mass is 244 g/mol. The first kappa shape index (κ1) is 10.3. The Labute approximate surface area is 103 Å². The lowest BCUT2D eigenvalue weighted by Gasteiger charge is -2.00. The SMILES string of the molecule is CCc1ccc2[nH]nc(Nc3nccs3)c2c1. The van der Waals surface area contributed by atoms with E-state index in [1.807, 2.05) is 5.38 Å². The Bertz CT molecular complexity index is 627. The quantitative estimate of drug-likeness (QED) is 0.743. The molecule has 2 N–H and O–H groups in total. The predicted molar refractivity (Wildman–Crippen MR) is 70.9 cm³/mol. The second-order valence-corrected chi connectivity index (χ2v) is 4.66. The zero-order chi connectivity index (χ0) is 11.7. The predicted octanol–water partition coefficient (Wildman–Crippen LogP) is 3.33. The molecule has 3 aromatic rings. The average Bonchev–Trinajstić information content (AvgIpc) is 2.99. The summed E-state index contributed by atoms with van der Waals surface area (Å²) >= 11 is 1.56. The Kier molecular flexibility index (Phi) is 2.53. The molecule has 5 heteroatoms. The molecule has 0 spiro atoms. The van der Waals surface area contributed by atoms with Gasteiger partial charge in [0.25, 0.3) is 0 Å². The molecule has 0 saturated carbocycles. The Hall–Kier alpha value is -1.88. The first-order chi connectivity index (χ1) is 8.36. The number of aryl methyl sites for hydroxylation is 1. The number of aromatic amines is 1. The Morgan fingerprint density at radius 3 is 3.12 bits per heavy atom. The van der Waals surface area contributed by atoms with Gasteiger partial charge in [-0.15, -0.1) is 11.3 Å². The molecule has 0 saturated heterocycles. The summed E-state index contributed by atoms with van der Waals surface area (Å²) < 4.78 is 0. The summed E-state index contributed by atoms with van der Waals surface area (Å²) in [4.78, 5) is 4.19. The van der Waals surface area contributed by atoms with E-state index in [1.165, 1.54) is 5.56 Å². The van der Waals surface area contributed by atoms with Crippen molar-refractivity contribution in [3.05, 3.63) is 35.3 Å². The van der Waals surface area contributed by atoms with E-state index in [9.17, 15) is 0 Å². The van der Waals surface area contributed by atoms with Gasteiger partial charge in [0.2, 0.25) is 0 Å². The Morgan fingerprint density at radius 2 is 2.35 bits per heavy atom. The van der Waals surface area contributed by atoms with Crippen LogP contribution in [-0.2, 0) is 6.42 Å². The molecule has 0 aliphatic heterocycles. The zero-order valence-electron chi connectivity index (χ0n) is 9.40. The summed E-state index contributed by atoms with van der Waals surface area (Å²) in [6, 6.07) is 6.34. The number of nitrogens with zero attached hydrogens (tertiary/aromatic N) is 2. The minimum absolute atomic E-state index is 0.838. The number of H-pyrrole nitrogens is 1. The summed E-state index contributed by atoms with van der Waals surface area (Å²) in [7, 11) is 0. The van der Waals surface area contributed by atoms with Gasteiger partial charge in [-0.05, 0) is 24.1 Å². The third kappa shape index (κ3) is 1.89. The minimum Gasteiger partial charge on any atom is -0.314 e. The molecule has 3 rings (SSSR count). The first-order valence-electron chi connectivity index (χ1n) is 5.50. The number of fused-ring (bicyclic) bond motifs is 1. The minimum atomic E-state index is 0.838. The number of thiazole rings is 1. The Morgan fingerprint density at radius 1 is 1.41 bits per heavy atom. The number of hydrogen-bond donors (Lipinski definition) is 2. The van der Waals surface area contributed by atoms with Crippen LogP contribution in [0.15, 0.2) is 29.8 Å². The van der Waals surface area contributed by atoms with Crippen molar-refractivity contribution >= 4 is 33.2 Å². The highest BCUT2D eigenvalue weighted by Gasteiger charge is 2.07. The maximum absolute atomic E-state index is 4.28. The largest absolute Gasteiger partial charge is 0.314 e. The summed E-state index contributed by atoms with van der Waals surface area (Å²) in [5.74, 6) is 0.838. The van der Waals surface area contributed by atoms with Crippen molar-refractivity contribution in [2.45, 2.75) is 13.3 Å². The molecule has 17 heavy (non-hydrogen) atoms. The highest BCUT2D eigenvalue weighted by atomic mass is 32.1. The molecule has 0 radical (unpaired) electrons. The molecule has 0 bridgehead atoms. The molecular weight excluding hydrogens is 232 g/mol. The molecule has 0 atom stereocenters. The van der Waals surface area contributed by atoms with Gasteiger partial charge in [0.1, 0.15) is 0 Å². The number of anilines is 2. The van der Waals surface area contributed by atoms with Gasteiger partial charge in [0.15, 0.2) is 10.9 Å². The molecule has 0 amide bonds. The van der Waals surface area contributed by atoms with E-state index in [4.69, 9.17) is 0 Å². The number of nitrogens with one attached hydrogen (secondary N) is 2. The van der Waals surface area contributed by atoms with Crippen molar-refractivity contribution in [1.82, 2.24) is 15.2 Å². The fourth-order valence-electron chi connectivity index (χ4n) is 1.76. The van der Waals surface area contributed by atoms with Crippen molar-refractivity contribution in [2.24, 2.45) is 0 Å². The van der Waals surface area contributed by atoms with Gasteiger partial charge >= 0.3 is 0 Å². The lowest BCUT2D eigenvalue weighted by molar-refractivity contribution is 1.12. The van der Waals surface area contributed by atoms with Crippen LogP contribution in [0.1, 0.15) is 12.5 Å². The molecule has 0 aliphatic carbocycles. The van der Waals surface area contributed by atoms with Crippen LogP contribution in [0.25, 0.3) is 10.9 Å². The van der Waals surface area contributed by atoms with Gasteiger partial charge in [0.05, 0.1) is 5.52 Å². The topological polar surface area (TPSA) is 53.6 Å². The average molecular weight is 244 g/mol. The van der Waals surface area contributed by atoms with Crippen molar-refractivity contribution < 1.29 is 0 Å². The molecule has 4 nitrogen and oxygen atoms in total. The summed E-state index contributed by atoms with van der Waals surface area (Å²) in [5.41, 5.74) is 2.35. The molecule has 1 aromatic carbocycles. The number of hydrogen-bond acceptors (Lipinski definition) is 4. The van der Waals surface area contributed by atoms with Gasteiger partial charge in [-0.25, -0.2) is 4.98 Å². The van der Waals surface area contributed by atoms with Crippen LogP contribution < -0.4 is 5.32 Å². The molecule has 0 aliphatic rings. The van der Waals surface area contributed by atoms with Crippen molar-refractivity contribution in [3.8, 4) is 0 Å². The van der Waals surface area contributed by atoms with E-state index in [0.717, 1.165) is 28.3 Å². The maximum atomic E-state index is 4.28. The molecule has 0 unspecified atom stereocenters. The van der Waals surface area contributed by atoms with Crippen molar-refractivity contribution in [1.29, 1.82) is 0 Å². The fraction of sp³-hybridized carbons (Fsp3) is 0.167. The number of benzene rings is 1. The van der Waals surface area contributed by atoms with Gasteiger partial charge in [0, 0.05) is 17.0 Å². The third-order valence-corrected chi connectivity index (χ3v) is 3.38. The summed E-state index contributed by atoms with van der Waals surface area (Å²) in [5, 5.41) is 14.4. The van der Waals surface area contributed by atoms with Crippen LogP contribution in [0.4, 0.5) is 10.9 Å².